The fraction of sp³-hybridized carbons (Fsp3) is 0.571. The Labute approximate surface area is 79.5 Å². The van der Waals surface area contributed by atoms with Crippen molar-refractivity contribution < 1.29 is 5.11 Å². The molecule has 12 heavy (non-hydrogen) atoms. The highest BCUT2D eigenvalue weighted by Gasteiger charge is 2.12. The van der Waals surface area contributed by atoms with Crippen LogP contribution in [0.15, 0.2) is 10.8 Å². The zero-order valence-corrected chi connectivity index (χ0v) is 8.45. The first-order valence-corrected chi connectivity index (χ1v) is 4.57. The minimum atomic E-state index is -0.348. The summed E-state index contributed by atoms with van der Waals surface area (Å²) in [7, 11) is 0. The Bertz CT molecular complexity index is 261. The van der Waals surface area contributed by atoms with Gasteiger partial charge < -0.3 is 10.8 Å². The van der Waals surface area contributed by atoms with Crippen LogP contribution >= 0.6 is 15.9 Å². The van der Waals surface area contributed by atoms with Gasteiger partial charge in [0.2, 0.25) is 0 Å². The van der Waals surface area contributed by atoms with E-state index in [9.17, 15) is 0 Å². The maximum atomic E-state index is 8.81. The van der Waals surface area contributed by atoms with Gasteiger partial charge in [-0.2, -0.15) is 5.10 Å². The number of halogens is 1. The third kappa shape index (κ3) is 1.68. The Kier molecular flexibility index (Phi) is 3.25. The Hall–Kier alpha value is -0.390. The normalized spacial score (nSPS) is 13.3. The van der Waals surface area contributed by atoms with Crippen LogP contribution in [0.25, 0.3) is 0 Å². The van der Waals surface area contributed by atoms with E-state index < -0.39 is 0 Å². The molecule has 1 unspecified atom stereocenters. The van der Waals surface area contributed by atoms with Gasteiger partial charge in [0.25, 0.3) is 0 Å². The van der Waals surface area contributed by atoms with Crippen LogP contribution in [0.2, 0.25) is 0 Å². The van der Waals surface area contributed by atoms with Crippen LogP contribution in [0, 0.1) is 0 Å². The smallest absolute Gasteiger partial charge is 0.108 e. The van der Waals surface area contributed by atoms with Crippen LogP contribution in [0.1, 0.15) is 18.5 Å². The van der Waals surface area contributed by atoms with Crippen molar-refractivity contribution in [2.75, 3.05) is 6.61 Å². The fourth-order valence-electron chi connectivity index (χ4n) is 0.952. The molecule has 0 aliphatic rings. The van der Waals surface area contributed by atoms with E-state index in [1.165, 1.54) is 0 Å². The van der Waals surface area contributed by atoms with Crippen molar-refractivity contribution >= 4 is 15.9 Å². The molecule has 68 valence electrons. The molecule has 0 aliphatic carbocycles. The standard InChI is InChI=1S/C7H12BrN3O/c1-2-11-7(8)5(3-10-11)6(9)4-12/h3,6,12H,2,4,9H2,1H3. The van der Waals surface area contributed by atoms with E-state index in [0.717, 1.165) is 16.7 Å². The largest absolute Gasteiger partial charge is 0.394 e. The van der Waals surface area contributed by atoms with E-state index in [1.54, 1.807) is 10.9 Å². The van der Waals surface area contributed by atoms with E-state index in [0.29, 0.717) is 0 Å². The molecule has 0 aromatic carbocycles. The minimum Gasteiger partial charge on any atom is -0.394 e. The molecule has 0 amide bonds. The second-order valence-corrected chi connectivity index (χ2v) is 3.25. The van der Waals surface area contributed by atoms with Crippen molar-refractivity contribution in [3.8, 4) is 0 Å². The summed E-state index contributed by atoms with van der Waals surface area (Å²) in [5.74, 6) is 0. The molecule has 3 N–H and O–H groups in total. The molecule has 5 heteroatoms. The predicted octanol–water partition coefficient (Wildman–Crippen LogP) is 0.658. The van der Waals surface area contributed by atoms with Gasteiger partial charge in [-0.25, -0.2) is 0 Å². The number of hydrogen-bond acceptors (Lipinski definition) is 3. The number of aliphatic hydroxyl groups excluding tert-OH is 1. The van der Waals surface area contributed by atoms with Gasteiger partial charge in [0.05, 0.1) is 18.8 Å². The van der Waals surface area contributed by atoms with Gasteiger partial charge in [0.15, 0.2) is 0 Å². The number of aromatic nitrogens is 2. The summed E-state index contributed by atoms with van der Waals surface area (Å²) in [6, 6.07) is -0.348. The van der Waals surface area contributed by atoms with E-state index in [-0.39, 0.29) is 12.6 Å². The number of nitrogens with zero attached hydrogens (tertiary/aromatic N) is 2. The lowest BCUT2D eigenvalue weighted by Crippen LogP contribution is -2.14. The number of nitrogens with two attached hydrogens (primary N) is 1. The van der Waals surface area contributed by atoms with Gasteiger partial charge in [-0.1, -0.05) is 0 Å². The molecule has 1 atom stereocenters. The van der Waals surface area contributed by atoms with Crippen LogP contribution in [-0.2, 0) is 6.54 Å². The van der Waals surface area contributed by atoms with Crippen LogP contribution in [0.4, 0.5) is 0 Å². The SMILES string of the molecule is CCn1ncc(C(N)CO)c1Br. The Morgan fingerprint density at radius 3 is 2.92 bits per heavy atom. The lowest BCUT2D eigenvalue weighted by molar-refractivity contribution is 0.267. The molecule has 1 rings (SSSR count). The number of rotatable bonds is 3. The zero-order chi connectivity index (χ0) is 9.14. The van der Waals surface area contributed by atoms with E-state index in [2.05, 4.69) is 21.0 Å². The van der Waals surface area contributed by atoms with Crippen molar-refractivity contribution in [1.29, 1.82) is 0 Å². The van der Waals surface area contributed by atoms with Crippen LogP contribution in [0.3, 0.4) is 0 Å². The first-order chi connectivity index (χ1) is 5.70. The number of aryl methyl sites for hydroxylation is 1. The average molecular weight is 234 g/mol. The number of aliphatic hydroxyl groups is 1. The second kappa shape index (κ2) is 4.02. The van der Waals surface area contributed by atoms with Crippen molar-refractivity contribution in [3.05, 3.63) is 16.4 Å². The molecule has 0 aliphatic heterocycles. The van der Waals surface area contributed by atoms with Crippen LogP contribution in [-0.4, -0.2) is 21.5 Å². The van der Waals surface area contributed by atoms with Gasteiger partial charge in [-0.05, 0) is 22.9 Å². The molecule has 1 aromatic rings. The molecule has 1 heterocycles. The van der Waals surface area contributed by atoms with E-state index in [1.807, 2.05) is 6.92 Å². The average Bonchev–Trinajstić information content (AvgIpc) is 2.45. The van der Waals surface area contributed by atoms with Crippen molar-refractivity contribution in [1.82, 2.24) is 9.78 Å². The Balaban J connectivity index is 2.93. The maximum Gasteiger partial charge on any atom is 0.108 e. The Morgan fingerprint density at radius 2 is 2.50 bits per heavy atom. The molecule has 0 bridgehead atoms. The molecule has 0 radical (unpaired) electrons. The van der Waals surface area contributed by atoms with Gasteiger partial charge in [-0.15, -0.1) is 0 Å². The summed E-state index contributed by atoms with van der Waals surface area (Å²) >= 11 is 3.36. The highest BCUT2D eigenvalue weighted by atomic mass is 79.9. The van der Waals surface area contributed by atoms with Gasteiger partial charge in [-0.3, -0.25) is 4.68 Å². The first kappa shape index (κ1) is 9.70. The lowest BCUT2D eigenvalue weighted by Gasteiger charge is -2.05. The lowest BCUT2D eigenvalue weighted by atomic mass is 10.2. The zero-order valence-electron chi connectivity index (χ0n) is 6.87. The molecule has 0 spiro atoms. The maximum absolute atomic E-state index is 8.81. The summed E-state index contributed by atoms with van der Waals surface area (Å²) in [6.07, 6.45) is 1.68. The first-order valence-electron chi connectivity index (χ1n) is 3.78. The monoisotopic (exact) mass is 233 g/mol. The predicted molar refractivity (Wildman–Crippen MR) is 49.6 cm³/mol. The van der Waals surface area contributed by atoms with Crippen molar-refractivity contribution in [3.63, 3.8) is 0 Å². The molecule has 1 aromatic heterocycles. The van der Waals surface area contributed by atoms with Crippen molar-refractivity contribution in [2.24, 2.45) is 5.73 Å². The van der Waals surface area contributed by atoms with Crippen LogP contribution in [0.5, 0.6) is 0 Å². The molecule has 0 saturated carbocycles. The van der Waals surface area contributed by atoms with Crippen LogP contribution < -0.4 is 5.73 Å². The quantitative estimate of drug-likeness (QED) is 0.807. The van der Waals surface area contributed by atoms with E-state index in [4.69, 9.17) is 10.8 Å². The van der Waals surface area contributed by atoms with Gasteiger partial charge in [0.1, 0.15) is 4.60 Å². The topological polar surface area (TPSA) is 64.1 Å². The molecular weight excluding hydrogens is 222 g/mol. The summed E-state index contributed by atoms with van der Waals surface area (Å²) < 4.78 is 2.64. The van der Waals surface area contributed by atoms with Gasteiger partial charge in [0, 0.05) is 12.1 Å². The second-order valence-electron chi connectivity index (χ2n) is 2.50. The highest BCUT2D eigenvalue weighted by Crippen LogP contribution is 2.21. The molecule has 0 saturated heterocycles. The molecular formula is C7H12BrN3O. The third-order valence-corrected chi connectivity index (χ3v) is 2.56. The fourth-order valence-corrected chi connectivity index (χ4v) is 1.69. The summed E-state index contributed by atoms with van der Waals surface area (Å²) in [5.41, 5.74) is 6.48. The summed E-state index contributed by atoms with van der Waals surface area (Å²) in [5, 5.41) is 12.9. The van der Waals surface area contributed by atoms with E-state index >= 15 is 0 Å². The molecule has 4 nitrogen and oxygen atoms in total. The Morgan fingerprint density at radius 1 is 1.83 bits per heavy atom. The minimum absolute atomic E-state index is 0.0615. The molecule has 0 fully saturated rings. The number of hydrogen-bond donors (Lipinski definition) is 2. The van der Waals surface area contributed by atoms with Gasteiger partial charge >= 0.3 is 0 Å². The third-order valence-electron chi connectivity index (χ3n) is 1.70. The summed E-state index contributed by atoms with van der Waals surface area (Å²) in [4.78, 5) is 0. The van der Waals surface area contributed by atoms with Crippen molar-refractivity contribution in [2.45, 2.75) is 19.5 Å². The summed E-state index contributed by atoms with van der Waals surface area (Å²) in [6.45, 7) is 2.72. The highest BCUT2D eigenvalue weighted by molar-refractivity contribution is 9.10.